The van der Waals surface area contributed by atoms with E-state index in [2.05, 4.69) is 11.4 Å². The molecule has 6 rings (SSSR count). The second kappa shape index (κ2) is 10.4. The lowest BCUT2D eigenvalue weighted by Gasteiger charge is -2.56. The number of rotatable bonds is 6. The molecule has 0 spiro atoms. The standard InChI is InChI=1S/C32H35N3O4/c1-34(29(36)10-6-22-12-17-38-20-22)28-9-8-25-24(19-27-26-5-3-4-14-32(25,26)15-16-33-27)31(28)35(2)30(37)11-7-23-13-18-39-21-23/h6-13,17-18,20-21,26-27,33H,3-5,14-16,19H2,1-2H3/t26-,27+,32-/m0/s1. The number of hydrogen-bond acceptors (Lipinski definition) is 5. The maximum Gasteiger partial charge on any atom is 0.250 e. The van der Waals surface area contributed by atoms with Gasteiger partial charge in [-0.2, -0.15) is 0 Å². The molecule has 1 saturated heterocycles. The molecule has 7 heteroatoms. The van der Waals surface area contributed by atoms with Crippen molar-refractivity contribution in [3.8, 4) is 0 Å². The number of nitrogens with zero attached hydrogens (tertiary/aromatic N) is 2. The van der Waals surface area contributed by atoms with E-state index in [-0.39, 0.29) is 17.2 Å². The monoisotopic (exact) mass is 525 g/mol. The Hall–Kier alpha value is -3.84. The summed E-state index contributed by atoms with van der Waals surface area (Å²) in [6.45, 7) is 1.02. The van der Waals surface area contributed by atoms with Crippen molar-refractivity contribution < 1.29 is 18.4 Å². The van der Waals surface area contributed by atoms with Gasteiger partial charge in [0.15, 0.2) is 0 Å². The van der Waals surface area contributed by atoms with Crippen LogP contribution >= 0.6 is 0 Å². The molecule has 202 valence electrons. The quantitative estimate of drug-likeness (QED) is 0.426. The first-order valence-electron chi connectivity index (χ1n) is 13.8. The molecule has 1 aromatic carbocycles. The first-order chi connectivity index (χ1) is 19.0. The summed E-state index contributed by atoms with van der Waals surface area (Å²) in [5.74, 6) is 0.294. The lowest BCUT2D eigenvalue weighted by Crippen LogP contribution is -2.59. The Morgan fingerprint density at radius 1 is 0.923 bits per heavy atom. The van der Waals surface area contributed by atoms with Crippen molar-refractivity contribution >= 4 is 35.3 Å². The Labute approximate surface area is 229 Å². The predicted octanol–water partition coefficient (Wildman–Crippen LogP) is 5.57. The molecule has 0 radical (unpaired) electrons. The summed E-state index contributed by atoms with van der Waals surface area (Å²) in [4.78, 5) is 30.2. The topological polar surface area (TPSA) is 78.9 Å². The largest absolute Gasteiger partial charge is 0.472 e. The molecule has 1 aliphatic heterocycles. The van der Waals surface area contributed by atoms with E-state index in [4.69, 9.17) is 8.83 Å². The Balaban J connectivity index is 1.43. The van der Waals surface area contributed by atoms with E-state index in [0.29, 0.717) is 12.0 Å². The van der Waals surface area contributed by atoms with E-state index in [9.17, 15) is 9.59 Å². The van der Waals surface area contributed by atoms with E-state index in [1.165, 1.54) is 36.8 Å². The van der Waals surface area contributed by atoms with Gasteiger partial charge in [-0.3, -0.25) is 9.59 Å². The van der Waals surface area contributed by atoms with E-state index in [0.717, 1.165) is 41.9 Å². The number of likely N-dealkylation sites (N-methyl/N-ethyl adjacent to an activating group) is 2. The van der Waals surface area contributed by atoms with Gasteiger partial charge in [-0.1, -0.05) is 18.9 Å². The van der Waals surface area contributed by atoms with Gasteiger partial charge >= 0.3 is 0 Å². The molecule has 1 N–H and O–H groups in total. The number of hydrogen-bond donors (Lipinski definition) is 1. The minimum Gasteiger partial charge on any atom is -0.472 e. The number of furan rings is 2. The normalized spacial score (nSPS) is 23.9. The van der Waals surface area contributed by atoms with Gasteiger partial charge in [-0.05, 0) is 79.6 Å². The van der Waals surface area contributed by atoms with Crippen LogP contribution in [-0.2, 0) is 21.4 Å². The van der Waals surface area contributed by atoms with Crippen LogP contribution in [0.5, 0.6) is 0 Å². The van der Waals surface area contributed by atoms with Gasteiger partial charge in [0.1, 0.15) is 0 Å². The van der Waals surface area contributed by atoms with Crippen molar-refractivity contribution in [3.63, 3.8) is 0 Å². The molecular formula is C32H35N3O4. The molecule has 1 saturated carbocycles. The number of piperidine rings is 1. The summed E-state index contributed by atoms with van der Waals surface area (Å²) in [7, 11) is 3.59. The van der Waals surface area contributed by atoms with Crippen molar-refractivity contribution in [2.24, 2.45) is 5.92 Å². The van der Waals surface area contributed by atoms with Crippen LogP contribution in [0.1, 0.15) is 54.4 Å². The summed E-state index contributed by atoms with van der Waals surface area (Å²) in [6, 6.07) is 8.29. The minimum absolute atomic E-state index is 0.134. The van der Waals surface area contributed by atoms with Crippen LogP contribution in [0, 0.1) is 5.92 Å². The zero-order chi connectivity index (χ0) is 27.0. The summed E-state index contributed by atoms with van der Waals surface area (Å²) in [6.07, 6.45) is 19.9. The molecule has 39 heavy (non-hydrogen) atoms. The molecule has 0 unspecified atom stereocenters. The second-order valence-electron chi connectivity index (χ2n) is 11.1. The zero-order valence-corrected chi connectivity index (χ0v) is 22.6. The predicted molar refractivity (Wildman–Crippen MR) is 152 cm³/mol. The minimum atomic E-state index is -0.171. The van der Waals surface area contributed by atoms with Crippen molar-refractivity contribution in [3.05, 3.63) is 83.7 Å². The van der Waals surface area contributed by atoms with E-state index in [1.54, 1.807) is 72.3 Å². The molecule has 3 atom stereocenters. The molecular weight excluding hydrogens is 490 g/mol. The number of nitrogens with one attached hydrogen (secondary N) is 1. The lowest BCUT2D eigenvalue weighted by atomic mass is 9.52. The summed E-state index contributed by atoms with van der Waals surface area (Å²) >= 11 is 0. The van der Waals surface area contributed by atoms with Crippen LogP contribution in [0.2, 0.25) is 0 Å². The summed E-state index contributed by atoms with van der Waals surface area (Å²) in [5.41, 5.74) is 5.89. The lowest BCUT2D eigenvalue weighted by molar-refractivity contribution is -0.114. The second-order valence-corrected chi connectivity index (χ2v) is 11.1. The van der Waals surface area contributed by atoms with Gasteiger partial charge in [0.25, 0.3) is 11.8 Å². The number of benzene rings is 1. The first-order valence-corrected chi connectivity index (χ1v) is 13.8. The van der Waals surface area contributed by atoms with Crippen LogP contribution in [0.25, 0.3) is 12.2 Å². The fourth-order valence-corrected chi connectivity index (χ4v) is 7.16. The smallest absolute Gasteiger partial charge is 0.250 e. The third-order valence-electron chi connectivity index (χ3n) is 9.06. The number of carbonyl (C=O) groups is 2. The van der Waals surface area contributed by atoms with Gasteiger partial charge in [0.2, 0.25) is 0 Å². The maximum atomic E-state index is 13.5. The fraction of sp³-hybridized carbons (Fsp3) is 0.375. The highest BCUT2D eigenvalue weighted by molar-refractivity contribution is 6.10. The van der Waals surface area contributed by atoms with Crippen molar-refractivity contribution in [2.75, 3.05) is 30.4 Å². The highest BCUT2D eigenvalue weighted by atomic mass is 16.3. The third kappa shape index (κ3) is 4.55. The average Bonchev–Trinajstić information content (AvgIpc) is 3.68. The number of fused-ring (bicyclic) bond motifs is 1. The van der Waals surface area contributed by atoms with E-state index >= 15 is 0 Å². The molecule has 2 amide bonds. The van der Waals surface area contributed by atoms with Crippen LogP contribution in [0.4, 0.5) is 11.4 Å². The SMILES string of the molecule is CN(C(=O)C=Cc1ccoc1)c1ccc2c(c1N(C)C(=O)C=Cc1ccoc1)C[C@H]1NCC[C@@]23CCCC[C@@H]13. The highest BCUT2D eigenvalue weighted by Gasteiger charge is 2.52. The van der Waals surface area contributed by atoms with E-state index in [1.807, 2.05) is 19.2 Å². The fourth-order valence-electron chi connectivity index (χ4n) is 7.16. The Morgan fingerprint density at radius 3 is 2.28 bits per heavy atom. The molecule has 7 nitrogen and oxygen atoms in total. The third-order valence-corrected chi connectivity index (χ3v) is 9.06. The first kappa shape index (κ1) is 25.4. The number of anilines is 2. The molecule has 3 heterocycles. The number of carbonyl (C=O) groups excluding carboxylic acids is 2. The van der Waals surface area contributed by atoms with Gasteiger partial charge in [-0.25, -0.2) is 0 Å². The van der Waals surface area contributed by atoms with Gasteiger partial charge < -0.3 is 24.0 Å². The molecule has 2 aliphatic carbocycles. The van der Waals surface area contributed by atoms with Crippen LogP contribution < -0.4 is 15.1 Å². The van der Waals surface area contributed by atoms with Crippen LogP contribution in [0.3, 0.4) is 0 Å². The van der Waals surface area contributed by atoms with Gasteiger partial charge in [-0.15, -0.1) is 0 Å². The Morgan fingerprint density at radius 2 is 1.62 bits per heavy atom. The van der Waals surface area contributed by atoms with Gasteiger partial charge in [0, 0.05) is 48.8 Å². The summed E-state index contributed by atoms with van der Waals surface area (Å²) in [5, 5.41) is 3.80. The Bertz CT molecular complexity index is 1400. The number of amides is 2. The zero-order valence-electron chi connectivity index (χ0n) is 22.6. The van der Waals surface area contributed by atoms with Crippen molar-refractivity contribution in [2.45, 2.75) is 50.0 Å². The van der Waals surface area contributed by atoms with Crippen LogP contribution in [0.15, 0.2) is 70.3 Å². The highest BCUT2D eigenvalue weighted by Crippen LogP contribution is 2.56. The summed E-state index contributed by atoms with van der Waals surface area (Å²) < 4.78 is 10.3. The molecule has 3 aromatic rings. The van der Waals surface area contributed by atoms with Crippen LogP contribution in [-0.4, -0.2) is 38.5 Å². The Kier molecular flexibility index (Phi) is 6.77. The molecule has 3 aliphatic rings. The molecule has 2 aromatic heterocycles. The maximum absolute atomic E-state index is 13.5. The molecule has 2 fully saturated rings. The van der Waals surface area contributed by atoms with Crippen molar-refractivity contribution in [1.82, 2.24) is 5.32 Å². The average molecular weight is 526 g/mol. The van der Waals surface area contributed by atoms with Crippen molar-refractivity contribution in [1.29, 1.82) is 0 Å². The van der Waals surface area contributed by atoms with Gasteiger partial charge in [0.05, 0.1) is 36.4 Å². The molecule has 2 bridgehead atoms. The van der Waals surface area contributed by atoms with E-state index < -0.39 is 0 Å².